The Morgan fingerprint density at radius 2 is 0.754 bits per heavy atom. The molecule has 3 N–H and O–H groups in total. The lowest BCUT2D eigenvalue weighted by atomic mass is 10.0. The van der Waals surface area contributed by atoms with Gasteiger partial charge in [-0.05, 0) is 70.6 Å². The van der Waals surface area contributed by atoms with E-state index in [1.165, 1.54) is 225 Å². The second-order valence-corrected chi connectivity index (χ2v) is 21.3. The van der Waals surface area contributed by atoms with Crippen molar-refractivity contribution in [1.29, 1.82) is 0 Å². The number of rotatable bonds is 56. The quantitative estimate of drug-likeness (QED) is 0.0264. The molecule has 9 nitrogen and oxygen atoms in total. The van der Waals surface area contributed by atoms with Crippen LogP contribution in [-0.2, 0) is 32.7 Å². The smallest absolute Gasteiger partial charge is 0.462 e. The summed E-state index contributed by atoms with van der Waals surface area (Å²) < 4.78 is 33.1. The van der Waals surface area contributed by atoms with Crippen molar-refractivity contribution in [1.82, 2.24) is 0 Å². The van der Waals surface area contributed by atoms with Gasteiger partial charge >= 0.3 is 19.8 Å². The first-order chi connectivity index (χ1) is 33.8. The monoisotopic (exact) mass is 994 g/mol. The van der Waals surface area contributed by atoms with Crippen molar-refractivity contribution in [3.8, 4) is 0 Å². The summed E-state index contributed by atoms with van der Waals surface area (Å²) >= 11 is 0. The molecule has 69 heavy (non-hydrogen) atoms. The van der Waals surface area contributed by atoms with E-state index in [1.807, 2.05) is 0 Å². The molecule has 0 saturated carbocycles. The van der Waals surface area contributed by atoms with E-state index in [4.69, 9.17) is 24.3 Å². The van der Waals surface area contributed by atoms with Crippen molar-refractivity contribution in [2.45, 2.75) is 302 Å². The van der Waals surface area contributed by atoms with Crippen molar-refractivity contribution in [3.63, 3.8) is 0 Å². The summed E-state index contributed by atoms with van der Waals surface area (Å²) in [6.45, 7) is 3.78. The molecular weight excluding hydrogens is 882 g/mol. The standard InChI is InChI=1S/C59H112NO8P/c1-3-5-7-9-11-13-15-17-19-21-23-25-26-27-28-29-30-32-34-36-38-40-42-44-46-48-50-52-59(62)68-57(56-67-69(63,64)66-54-53-60)55-65-58(61)51-49-47-45-43-41-39-37-35-33-31-24-22-20-18-16-14-12-10-8-6-4-2/h15,17,21-24,57H,3-14,16,18-20,25-56,60H2,1-2H3,(H,63,64)/b17-15-,23-21-,24-22-. The van der Waals surface area contributed by atoms with Crippen molar-refractivity contribution in [3.05, 3.63) is 36.5 Å². The van der Waals surface area contributed by atoms with Crippen LogP contribution < -0.4 is 5.73 Å². The third kappa shape index (κ3) is 55.4. The molecule has 0 heterocycles. The van der Waals surface area contributed by atoms with E-state index in [1.54, 1.807) is 0 Å². The van der Waals surface area contributed by atoms with Crippen LogP contribution in [0.2, 0.25) is 0 Å². The third-order valence-corrected chi connectivity index (χ3v) is 14.0. The van der Waals surface area contributed by atoms with Crippen LogP contribution in [0.3, 0.4) is 0 Å². The fourth-order valence-electron chi connectivity index (χ4n) is 8.60. The molecule has 0 radical (unpaired) electrons. The number of phosphoric acid groups is 1. The van der Waals surface area contributed by atoms with Gasteiger partial charge in [0.05, 0.1) is 13.2 Å². The number of unbranched alkanes of at least 4 members (excludes halogenated alkanes) is 37. The van der Waals surface area contributed by atoms with Crippen molar-refractivity contribution >= 4 is 19.8 Å². The number of carbonyl (C=O) groups excluding carboxylic acids is 2. The van der Waals surface area contributed by atoms with Gasteiger partial charge in [-0.15, -0.1) is 0 Å². The van der Waals surface area contributed by atoms with Gasteiger partial charge in [-0.2, -0.15) is 0 Å². The highest BCUT2D eigenvalue weighted by Crippen LogP contribution is 2.43. The number of carbonyl (C=O) groups is 2. The molecule has 406 valence electrons. The summed E-state index contributed by atoms with van der Waals surface area (Å²) in [6, 6.07) is 0. The van der Waals surface area contributed by atoms with E-state index in [9.17, 15) is 19.0 Å². The lowest BCUT2D eigenvalue weighted by Gasteiger charge is -2.19. The van der Waals surface area contributed by atoms with Crippen LogP contribution in [0, 0.1) is 0 Å². The molecule has 2 unspecified atom stereocenters. The Labute approximate surface area is 426 Å². The van der Waals surface area contributed by atoms with Crippen LogP contribution in [0.4, 0.5) is 0 Å². The average molecular weight is 995 g/mol. The molecule has 0 aliphatic rings. The SMILES string of the molecule is CCCCCCC/C=C\C/C=C\CCCCCCCCCCCCCCCCCC(=O)OC(COC(=O)CCCCCCCCCCC/C=C\CCCCCCCCCC)COP(=O)(O)OCCN. The zero-order valence-electron chi connectivity index (χ0n) is 45.3. The molecule has 0 aliphatic carbocycles. The molecule has 0 saturated heterocycles. The summed E-state index contributed by atoms with van der Waals surface area (Å²) in [5.74, 6) is -0.817. The zero-order valence-corrected chi connectivity index (χ0v) is 46.2. The lowest BCUT2D eigenvalue weighted by Crippen LogP contribution is -2.29. The van der Waals surface area contributed by atoms with Crippen molar-refractivity contribution < 1.29 is 37.6 Å². The predicted octanol–water partition coefficient (Wildman–Crippen LogP) is 18.4. The van der Waals surface area contributed by atoms with Crippen LogP contribution in [-0.4, -0.2) is 49.3 Å². The summed E-state index contributed by atoms with van der Waals surface area (Å²) in [5.41, 5.74) is 5.38. The number of ether oxygens (including phenoxy) is 2. The van der Waals surface area contributed by atoms with E-state index in [0.29, 0.717) is 6.42 Å². The van der Waals surface area contributed by atoms with Gasteiger partial charge in [0.2, 0.25) is 0 Å². The van der Waals surface area contributed by atoms with Gasteiger partial charge in [0, 0.05) is 19.4 Å². The molecule has 0 aromatic carbocycles. The largest absolute Gasteiger partial charge is 0.472 e. The molecule has 0 spiro atoms. The molecule has 0 aromatic rings. The van der Waals surface area contributed by atoms with Gasteiger partial charge in [-0.1, -0.05) is 249 Å². The number of nitrogens with two attached hydrogens (primary N) is 1. The third-order valence-electron chi connectivity index (χ3n) is 13.0. The van der Waals surface area contributed by atoms with Gasteiger partial charge in [0.25, 0.3) is 0 Å². The molecule has 0 bridgehead atoms. The molecule has 10 heteroatoms. The second-order valence-electron chi connectivity index (χ2n) is 19.9. The first-order valence-corrected chi connectivity index (χ1v) is 31.0. The highest BCUT2D eigenvalue weighted by atomic mass is 31.2. The zero-order chi connectivity index (χ0) is 50.2. The molecule has 2 atom stereocenters. The van der Waals surface area contributed by atoms with Gasteiger partial charge in [0.1, 0.15) is 6.61 Å². The van der Waals surface area contributed by atoms with Crippen LogP contribution in [0.1, 0.15) is 296 Å². The first kappa shape index (κ1) is 67.2. The van der Waals surface area contributed by atoms with Gasteiger partial charge in [-0.3, -0.25) is 18.6 Å². The van der Waals surface area contributed by atoms with Crippen LogP contribution in [0.25, 0.3) is 0 Å². The molecule has 0 fully saturated rings. The maximum Gasteiger partial charge on any atom is 0.472 e. The Morgan fingerprint density at radius 3 is 1.12 bits per heavy atom. The van der Waals surface area contributed by atoms with Crippen LogP contribution >= 0.6 is 7.82 Å². The van der Waals surface area contributed by atoms with E-state index in [0.717, 1.165) is 38.5 Å². The second kappa shape index (κ2) is 55.5. The first-order valence-electron chi connectivity index (χ1n) is 29.5. The fourth-order valence-corrected chi connectivity index (χ4v) is 9.37. The Hall–Kier alpha value is -1.77. The molecular formula is C59H112NO8P. The maximum absolute atomic E-state index is 12.7. The van der Waals surface area contributed by atoms with Crippen molar-refractivity contribution in [2.24, 2.45) is 5.73 Å². The average Bonchev–Trinajstić information content (AvgIpc) is 3.34. The van der Waals surface area contributed by atoms with Gasteiger partial charge in [-0.25, -0.2) is 4.57 Å². The van der Waals surface area contributed by atoms with E-state index in [2.05, 4.69) is 50.3 Å². The van der Waals surface area contributed by atoms with Crippen LogP contribution in [0.5, 0.6) is 0 Å². The number of hydrogen-bond acceptors (Lipinski definition) is 8. The Morgan fingerprint density at radius 1 is 0.435 bits per heavy atom. The number of esters is 2. The number of allylic oxidation sites excluding steroid dienone is 6. The van der Waals surface area contributed by atoms with Crippen molar-refractivity contribution in [2.75, 3.05) is 26.4 Å². The Kier molecular flexibility index (Phi) is 54.1. The summed E-state index contributed by atoms with van der Waals surface area (Å²) in [5, 5.41) is 0. The minimum absolute atomic E-state index is 0.0543. The Bertz CT molecular complexity index is 1220. The fraction of sp³-hybridized carbons (Fsp3) is 0.864. The molecule has 0 aliphatic heterocycles. The highest BCUT2D eigenvalue weighted by molar-refractivity contribution is 7.47. The van der Waals surface area contributed by atoms with E-state index >= 15 is 0 Å². The minimum atomic E-state index is -4.39. The normalized spacial score (nSPS) is 13.3. The molecule has 0 aromatic heterocycles. The van der Waals surface area contributed by atoms with E-state index in [-0.39, 0.29) is 38.6 Å². The minimum Gasteiger partial charge on any atom is -0.462 e. The number of hydrogen-bond donors (Lipinski definition) is 2. The molecule has 0 rings (SSSR count). The summed E-state index contributed by atoms with van der Waals surface area (Å²) in [7, 11) is -4.39. The topological polar surface area (TPSA) is 134 Å². The summed E-state index contributed by atoms with van der Waals surface area (Å²) in [4.78, 5) is 35.2. The van der Waals surface area contributed by atoms with Gasteiger partial charge in [0.15, 0.2) is 6.10 Å². The maximum atomic E-state index is 12.7. The van der Waals surface area contributed by atoms with Gasteiger partial charge < -0.3 is 20.1 Å². The highest BCUT2D eigenvalue weighted by Gasteiger charge is 2.26. The lowest BCUT2D eigenvalue weighted by molar-refractivity contribution is -0.161. The van der Waals surface area contributed by atoms with Crippen LogP contribution in [0.15, 0.2) is 36.5 Å². The molecule has 0 amide bonds. The number of phosphoric ester groups is 1. The Balaban J connectivity index is 3.94. The van der Waals surface area contributed by atoms with E-state index < -0.39 is 26.5 Å². The predicted molar refractivity (Wildman–Crippen MR) is 294 cm³/mol. The summed E-state index contributed by atoms with van der Waals surface area (Å²) in [6.07, 6.45) is 66.3.